The minimum atomic E-state index is -0.272. The summed E-state index contributed by atoms with van der Waals surface area (Å²) in [5.41, 5.74) is 0.631. The summed E-state index contributed by atoms with van der Waals surface area (Å²) in [5, 5.41) is 0.416. The summed E-state index contributed by atoms with van der Waals surface area (Å²) in [6.45, 7) is 1.98. The topological polar surface area (TPSA) is 0 Å². The third-order valence-electron chi connectivity index (χ3n) is 1.90. The van der Waals surface area contributed by atoms with Crippen molar-refractivity contribution in [3.05, 3.63) is 34.6 Å². The van der Waals surface area contributed by atoms with Gasteiger partial charge in [0.2, 0.25) is 0 Å². The zero-order valence-electron chi connectivity index (χ0n) is 7.36. The summed E-state index contributed by atoms with van der Waals surface area (Å²) < 4.78 is 13.2. The Labute approximate surface area is 87.7 Å². The van der Waals surface area contributed by atoms with Crippen LogP contribution in [0, 0.1) is 5.82 Å². The molecule has 0 aromatic heterocycles. The molecule has 0 fully saturated rings. The van der Waals surface area contributed by atoms with Crippen LogP contribution in [0.25, 0.3) is 0 Å². The molecule has 0 saturated carbocycles. The van der Waals surface area contributed by atoms with Crippen LogP contribution < -0.4 is 0 Å². The molecule has 0 nitrogen and oxygen atoms in total. The van der Waals surface area contributed by atoms with E-state index in [1.807, 2.05) is 6.92 Å². The van der Waals surface area contributed by atoms with Crippen LogP contribution in [0.1, 0.15) is 18.9 Å². The zero-order valence-corrected chi connectivity index (χ0v) is 8.87. The van der Waals surface area contributed by atoms with Gasteiger partial charge in [-0.1, -0.05) is 24.6 Å². The maximum Gasteiger partial charge on any atom is 0.127 e. The maximum absolute atomic E-state index is 13.2. The molecule has 0 saturated heterocycles. The summed E-state index contributed by atoms with van der Waals surface area (Å²) in [6, 6.07) is 4.68. The second-order valence-corrected chi connectivity index (χ2v) is 4.00. The molecular formula is C10H11Cl2F. The van der Waals surface area contributed by atoms with Gasteiger partial charge in [-0.25, -0.2) is 4.39 Å². The molecule has 1 rings (SSSR count). The predicted octanol–water partition coefficient (Wildman–Crippen LogP) is 4.04. The lowest BCUT2D eigenvalue weighted by Crippen LogP contribution is -2.03. The minimum Gasteiger partial charge on any atom is -0.207 e. The molecule has 1 unspecified atom stereocenters. The second kappa shape index (κ2) is 4.83. The fourth-order valence-corrected chi connectivity index (χ4v) is 1.40. The summed E-state index contributed by atoms with van der Waals surface area (Å²) in [5.74, 6) is -0.272. The molecule has 0 bridgehead atoms. The van der Waals surface area contributed by atoms with Crippen LogP contribution in [0.15, 0.2) is 18.2 Å². The van der Waals surface area contributed by atoms with E-state index in [0.29, 0.717) is 17.0 Å². The van der Waals surface area contributed by atoms with Crippen LogP contribution in [0.3, 0.4) is 0 Å². The summed E-state index contributed by atoms with van der Waals surface area (Å²) in [6.07, 6.45) is 1.39. The number of hydrogen-bond donors (Lipinski definition) is 0. The molecule has 0 N–H and O–H groups in total. The highest BCUT2D eigenvalue weighted by Gasteiger charge is 2.07. The normalized spacial score (nSPS) is 12.9. The smallest absolute Gasteiger partial charge is 0.127 e. The Bertz CT molecular complexity index is 286. The first-order valence-corrected chi connectivity index (χ1v) is 5.03. The van der Waals surface area contributed by atoms with Gasteiger partial charge in [-0.2, -0.15) is 0 Å². The number of rotatable bonds is 3. The van der Waals surface area contributed by atoms with Gasteiger partial charge in [0, 0.05) is 10.4 Å². The third kappa shape index (κ3) is 3.17. The molecule has 0 amide bonds. The van der Waals surface area contributed by atoms with Crippen LogP contribution in [-0.2, 0) is 6.42 Å². The first kappa shape index (κ1) is 10.8. The average Bonchev–Trinajstić information content (AvgIpc) is 2.09. The van der Waals surface area contributed by atoms with E-state index in [4.69, 9.17) is 23.2 Å². The van der Waals surface area contributed by atoms with Gasteiger partial charge in [0.05, 0.1) is 0 Å². The van der Waals surface area contributed by atoms with Crippen molar-refractivity contribution in [2.45, 2.75) is 25.1 Å². The Kier molecular flexibility index (Phi) is 4.01. The van der Waals surface area contributed by atoms with Crippen molar-refractivity contribution >= 4 is 23.2 Å². The molecule has 0 aliphatic rings. The number of halogens is 3. The van der Waals surface area contributed by atoms with Gasteiger partial charge < -0.3 is 0 Å². The molecule has 0 radical (unpaired) electrons. The minimum absolute atomic E-state index is 0.00400. The molecule has 0 spiro atoms. The second-order valence-electron chi connectivity index (χ2n) is 2.95. The Balaban J connectivity index is 2.77. The van der Waals surface area contributed by atoms with E-state index in [-0.39, 0.29) is 11.2 Å². The van der Waals surface area contributed by atoms with E-state index in [2.05, 4.69) is 0 Å². The van der Waals surface area contributed by atoms with E-state index in [1.165, 1.54) is 6.07 Å². The summed E-state index contributed by atoms with van der Waals surface area (Å²) >= 11 is 11.5. The van der Waals surface area contributed by atoms with Gasteiger partial charge in [-0.05, 0) is 30.5 Å². The van der Waals surface area contributed by atoms with E-state index < -0.39 is 0 Å². The fraction of sp³-hybridized carbons (Fsp3) is 0.400. The Morgan fingerprint density at radius 2 is 2.15 bits per heavy atom. The quantitative estimate of drug-likeness (QED) is 0.675. The van der Waals surface area contributed by atoms with Crippen LogP contribution in [-0.4, -0.2) is 5.38 Å². The van der Waals surface area contributed by atoms with Gasteiger partial charge in [0.15, 0.2) is 0 Å². The molecule has 0 aliphatic carbocycles. The van der Waals surface area contributed by atoms with E-state index in [9.17, 15) is 4.39 Å². The van der Waals surface area contributed by atoms with Crippen molar-refractivity contribution in [2.24, 2.45) is 0 Å². The van der Waals surface area contributed by atoms with E-state index in [0.717, 1.165) is 6.42 Å². The number of hydrogen-bond acceptors (Lipinski definition) is 0. The highest BCUT2D eigenvalue weighted by Crippen LogP contribution is 2.18. The van der Waals surface area contributed by atoms with Gasteiger partial charge in [-0.15, -0.1) is 11.6 Å². The molecule has 13 heavy (non-hydrogen) atoms. The van der Waals surface area contributed by atoms with Crippen molar-refractivity contribution in [1.29, 1.82) is 0 Å². The van der Waals surface area contributed by atoms with Gasteiger partial charge in [0.25, 0.3) is 0 Å². The maximum atomic E-state index is 13.2. The van der Waals surface area contributed by atoms with Crippen molar-refractivity contribution in [3.8, 4) is 0 Å². The van der Waals surface area contributed by atoms with Crippen LogP contribution in [0.4, 0.5) is 4.39 Å². The van der Waals surface area contributed by atoms with Crippen LogP contribution in [0.5, 0.6) is 0 Å². The highest BCUT2D eigenvalue weighted by atomic mass is 35.5. The lowest BCUT2D eigenvalue weighted by Gasteiger charge is -2.07. The molecule has 0 heterocycles. The molecule has 1 aromatic rings. The van der Waals surface area contributed by atoms with Crippen molar-refractivity contribution in [3.63, 3.8) is 0 Å². The van der Waals surface area contributed by atoms with Crippen molar-refractivity contribution in [2.75, 3.05) is 0 Å². The lowest BCUT2D eigenvalue weighted by molar-refractivity contribution is 0.604. The van der Waals surface area contributed by atoms with Crippen molar-refractivity contribution in [1.82, 2.24) is 0 Å². The highest BCUT2D eigenvalue weighted by molar-refractivity contribution is 6.30. The average molecular weight is 221 g/mol. The molecular weight excluding hydrogens is 210 g/mol. The Morgan fingerprint density at radius 3 is 2.69 bits per heavy atom. The SMILES string of the molecule is CCC(Cl)Cc1ccc(Cl)cc1F. The third-order valence-corrected chi connectivity index (χ3v) is 2.60. The van der Waals surface area contributed by atoms with E-state index in [1.54, 1.807) is 12.1 Å². The number of alkyl halides is 1. The Morgan fingerprint density at radius 1 is 1.46 bits per heavy atom. The molecule has 3 heteroatoms. The summed E-state index contributed by atoms with van der Waals surface area (Å²) in [7, 11) is 0. The fourth-order valence-electron chi connectivity index (χ4n) is 1.07. The predicted molar refractivity (Wildman–Crippen MR) is 55.0 cm³/mol. The molecule has 72 valence electrons. The molecule has 1 atom stereocenters. The molecule has 0 aliphatic heterocycles. The van der Waals surface area contributed by atoms with Gasteiger partial charge in [0.1, 0.15) is 5.82 Å². The lowest BCUT2D eigenvalue weighted by atomic mass is 10.1. The van der Waals surface area contributed by atoms with Crippen LogP contribution >= 0.6 is 23.2 Å². The summed E-state index contributed by atoms with van der Waals surface area (Å²) in [4.78, 5) is 0. The first-order valence-electron chi connectivity index (χ1n) is 4.21. The van der Waals surface area contributed by atoms with Crippen molar-refractivity contribution < 1.29 is 4.39 Å². The first-order chi connectivity index (χ1) is 6.13. The van der Waals surface area contributed by atoms with Crippen LogP contribution in [0.2, 0.25) is 5.02 Å². The molecule has 1 aromatic carbocycles. The monoisotopic (exact) mass is 220 g/mol. The number of benzene rings is 1. The zero-order chi connectivity index (χ0) is 9.84. The van der Waals surface area contributed by atoms with E-state index >= 15 is 0 Å². The van der Waals surface area contributed by atoms with Gasteiger partial charge in [-0.3, -0.25) is 0 Å². The Hall–Kier alpha value is -0.270. The standard InChI is InChI=1S/C10H11Cl2F/c1-2-8(11)5-7-3-4-9(12)6-10(7)13/h3-4,6,8H,2,5H2,1H3. The van der Waals surface area contributed by atoms with Gasteiger partial charge >= 0.3 is 0 Å². The largest absolute Gasteiger partial charge is 0.207 e.